The van der Waals surface area contributed by atoms with Crippen LogP contribution < -0.4 is 10.2 Å². The van der Waals surface area contributed by atoms with Crippen LogP contribution in [-0.2, 0) is 16.0 Å². The van der Waals surface area contributed by atoms with Crippen molar-refractivity contribution in [3.8, 4) is 0 Å². The van der Waals surface area contributed by atoms with E-state index >= 15 is 0 Å². The van der Waals surface area contributed by atoms with Gasteiger partial charge in [-0.2, -0.15) is 0 Å². The predicted octanol–water partition coefficient (Wildman–Crippen LogP) is 4.98. The number of hydrogen-bond donors (Lipinski definition) is 1. The SMILES string of the molecule is COCCN(C)c1ncc(F)cc1C(=O)N[C@@H]1N=C(c2c(Cl)cc(Cl)cc2Cl)c2ccccc2CC1=O. The number of nitrogens with zero attached hydrogens (tertiary/aromatic N) is 3. The van der Waals surface area contributed by atoms with Gasteiger partial charge < -0.3 is 15.0 Å². The van der Waals surface area contributed by atoms with Crippen LogP contribution in [0.3, 0.4) is 0 Å². The average Bonchev–Trinajstić information content (AvgIpc) is 2.98. The first kappa shape index (κ1) is 27.0. The highest BCUT2D eigenvalue weighted by atomic mass is 35.5. The van der Waals surface area contributed by atoms with Crippen molar-refractivity contribution in [1.29, 1.82) is 0 Å². The molecule has 0 spiro atoms. The molecule has 0 saturated heterocycles. The molecule has 1 aliphatic heterocycles. The second-order valence-corrected chi connectivity index (χ2v) is 9.59. The molecular formula is C26H22Cl3FN4O3. The normalized spacial score (nSPS) is 15.0. The van der Waals surface area contributed by atoms with Crippen LogP contribution in [0.25, 0.3) is 0 Å². The molecule has 2 heterocycles. The van der Waals surface area contributed by atoms with Crippen LogP contribution in [0.4, 0.5) is 10.2 Å². The van der Waals surface area contributed by atoms with Gasteiger partial charge in [-0.05, 0) is 23.8 Å². The van der Waals surface area contributed by atoms with E-state index in [4.69, 9.17) is 39.5 Å². The average molecular weight is 564 g/mol. The molecule has 37 heavy (non-hydrogen) atoms. The minimum atomic E-state index is -1.29. The number of aromatic nitrogens is 1. The molecule has 0 aliphatic carbocycles. The second kappa shape index (κ2) is 11.6. The van der Waals surface area contributed by atoms with Gasteiger partial charge in [0, 0.05) is 43.3 Å². The van der Waals surface area contributed by atoms with Crippen molar-refractivity contribution in [1.82, 2.24) is 10.3 Å². The lowest BCUT2D eigenvalue weighted by Crippen LogP contribution is -2.41. The Labute approximate surface area is 228 Å². The Morgan fingerprint density at radius 2 is 1.89 bits per heavy atom. The molecule has 3 aromatic rings. The van der Waals surface area contributed by atoms with E-state index in [2.05, 4.69) is 15.3 Å². The van der Waals surface area contributed by atoms with Crippen LogP contribution in [0.2, 0.25) is 15.1 Å². The van der Waals surface area contributed by atoms with Crippen LogP contribution in [0, 0.1) is 5.82 Å². The second-order valence-electron chi connectivity index (χ2n) is 8.34. The number of amides is 1. The quantitative estimate of drug-likeness (QED) is 0.438. The first-order chi connectivity index (χ1) is 17.7. The largest absolute Gasteiger partial charge is 0.383 e. The van der Waals surface area contributed by atoms with Crippen molar-refractivity contribution < 1.29 is 18.7 Å². The summed E-state index contributed by atoms with van der Waals surface area (Å²) >= 11 is 19.1. The topological polar surface area (TPSA) is 83.9 Å². The Bertz CT molecular complexity index is 1380. The molecular weight excluding hydrogens is 542 g/mol. The standard InChI is InChI=1S/C26H22Cl3FN4O3/c1-34(7-8-37-2)25-18(12-16(30)13-31-25)26(36)33-24-21(35)9-14-5-3-4-6-17(14)23(32-24)22-19(28)10-15(27)11-20(22)29/h3-6,10-13,24H,7-9H2,1-2H3,(H,33,36)/t24-/m0/s1. The summed E-state index contributed by atoms with van der Waals surface area (Å²) < 4.78 is 19.2. The number of carbonyl (C=O) groups is 2. The molecule has 0 saturated carbocycles. The fourth-order valence-corrected chi connectivity index (χ4v) is 4.98. The van der Waals surface area contributed by atoms with E-state index in [1.807, 2.05) is 0 Å². The number of aliphatic imine (C=N–C) groups is 1. The number of carbonyl (C=O) groups excluding carboxylic acids is 2. The molecule has 1 aromatic heterocycles. The van der Waals surface area contributed by atoms with Crippen LogP contribution in [0.15, 0.2) is 53.7 Å². The van der Waals surface area contributed by atoms with Crippen LogP contribution in [0.5, 0.6) is 0 Å². The highest BCUT2D eigenvalue weighted by Crippen LogP contribution is 2.33. The van der Waals surface area contributed by atoms with Gasteiger partial charge in [0.15, 0.2) is 11.9 Å². The van der Waals surface area contributed by atoms with Crippen molar-refractivity contribution in [3.63, 3.8) is 0 Å². The number of nitrogens with one attached hydrogen (secondary N) is 1. The molecule has 4 rings (SSSR count). The van der Waals surface area contributed by atoms with Gasteiger partial charge in [0.25, 0.3) is 5.91 Å². The predicted molar refractivity (Wildman–Crippen MR) is 143 cm³/mol. The van der Waals surface area contributed by atoms with Crippen LogP contribution in [-0.4, -0.2) is 55.9 Å². The molecule has 1 aliphatic rings. The van der Waals surface area contributed by atoms with Gasteiger partial charge in [-0.25, -0.2) is 9.37 Å². The number of Topliss-reactive ketones (excluding diaryl/α,β-unsaturated/α-hetero) is 1. The third-order valence-corrected chi connectivity index (χ3v) is 6.60. The summed E-state index contributed by atoms with van der Waals surface area (Å²) in [5.74, 6) is -1.55. The molecule has 192 valence electrons. The van der Waals surface area contributed by atoms with Crippen LogP contribution >= 0.6 is 34.8 Å². The van der Waals surface area contributed by atoms with E-state index in [1.54, 1.807) is 43.3 Å². The van der Waals surface area contributed by atoms with Crippen molar-refractivity contribution in [3.05, 3.63) is 91.8 Å². The summed E-state index contributed by atoms with van der Waals surface area (Å²) in [5.41, 5.74) is 1.99. The highest BCUT2D eigenvalue weighted by Gasteiger charge is 2.30. The minimum Gasteiger partial charge on any atom is -0.383 e. The lowest BCUT2D eigenvalue weighted by Gasteiger charge is -2.21. The summed E-state index contributed by atoms with van der Waals surface area (Å²) in [6.07, 6.45) is -0.277. The molecule has 1 amide bonds. The number of methoxy groups -OCH3 is 1. The molecule has 0 unspecified atom stereocenters. The molecule has 0 radical (unpaired) electrons. The summed E-state index contributed by atoms with van der Waals surface area (Å²) in [6, 6.07) is 11.3. The molecule has 1 atom stereocenters. The number of anilines is 1. The number of rotatable bonds is 7. The third-order valence-electron chi connectivity index (χ3n) is 5.78. The van der Waals surface area contributed by atoms with Gasteiger partial charge >= 0.3 is 0 Å². The Morgan fingerprint density at radius 1 is 1.19 bits per heavy atom. The summed E-state index contributed by atoms with van der Waals surface area (Å²) in [5, 5.41) is 3.45. The van der Waals surface area contributed by atoms with Crippen molar-refractivity contribution in [2.45, 2.75) is 12.6 Å². The number of hydrogen-bond acceptors (Lipinski definition) is 6. The van der Waals surface area contributed by atoms with Gasteiger partial charge in [0.05, 0.1) is 34.1 Å². The van der Waals surface area contributed by atoms with E-state index in [-0.39, 0.29) is 33.6 Å². The van der Waals surface area contributed by atoms with E-state index in [9.17, 15) is 14.0 Å². The van der Waals surface area contributed by atoms with Gasteiger partial charge in [-0.3, -0.25) is 14.6 Å². The molecule has 2 aromatic carbocycles. The molecule has 11 heteroatoms. The van der Waals surface area contributed by atoms with Crippen molar-refractivity contribution >= 4 is 58.0 Å². The zero-order chi connectivity index (χ0) is 26.7. The number of benzene rings is 2. The van der Waals surface area contributed by atoms with Crippen LogP contribution in [0.1, 0.15) is 27.0 Å². The first-order valence-electron chi connectivity index (χ1n) is 11.2. The number of likely N-dealkylation sites (N-methyl/N-ethyl adjacent to an activating group) is 1. The van der Waals surface area contributed by atoms with Gasteiger partial charge in [0.2, 0.25) is 0 Å². The number of ketones is 1. The molecule has 1 N–H and O–H groups in total. The Balaban J connectivity index is 1.77. The Morgan fingerprint density at radius 3 is 2.59 bits per heavy atom. The maximum atomic E-state index is 14.1. The van der Waals surface area contributed by atoms with E-state index < -0.39 is 17.9 Å². The monoisotopic (exact) mass is 562 g/mol. The number of pyridine rings is 1. The fraction of sp³-hybridized carbons (Fsp3) is 0.231. The lowest BCUT2D eigenvalue weighted by atomic mass is 9.96. The molecule has 7 nitrogen and oxygen atoms in total. The summed E-state index contributed by atoms with van der Waals surface area (Å²) in [7, 11) is 3.24. The number of ether oxygens (including phenoxy) is 1. The fourth-order valence-electron chi connectivity index (χ4n) is 3.98. The van der Waals surface area contributed by atoms with Gasteiger partial charge in [0.1, 0.15) is 11.6 Å². The summed E-state index contributed by atoms with van der Waals surface area (Å²) in [4.78, 5) is 36.9. The zero-order valence-corrected chi connectivity index (χ0v) is 22.2. The Kier molecular flexibility index (Phi) is 8.44. The van der Waals surface area contributed by atoms with E-state index in [0.29, 0.717) is 40.6 Å². The third kappa shape index (κ3) is 5.93. The lowest BCUT2D eigenvalue weighted by molar-refractivity contribution is -0.120. The number of halogens is 4. The maximum absolute atomic E-state index is 14.1. The zero-order valence-electron chi connectivity index (χ0n) is 19.9. The minimum absolute atomic E-state index is 0.00104. The maximum Gasteiger partial charge on any atom is 0.257 e. The highest BCUT2D eigenvalue weighted by molar-refractivity contribution is 6.43. The van der Waals surface area contributed by atoms with Gasteiger partial charge in [-0.1, -0.05) is 59.1 Å². The van der Waals surface area contributed by atoms with E-state index in [0.717, 1.165) is 12.3 Å². The van der Waals surface area contributed by atoms with E-state index in [1.165, 1.54) is 12.1 Å². The molecule has 0 fully saturated rings. The Hall–Kier alpha value is -3.04. The first-order valence-corrected chi connectivity index (χ1v) is 12.3. The van der Waals surface area contributed by atoms with Crippen molar-refractivity contribution in [2.24, 2.45) is 4.99 Å². The van der Waals surface area contributed by atoms with Gasteiger partial charge in [-0.15, -0.1) is 0 Å². The molecule has 0 bridgehead atoms. The number of fused-ring (bicyclic) bond motifs is 1. The van der Waals surface area contributed by atoms with Crippen molar-refractivity contribution in [2.75, 3.05) is 32.2 Å². The smallest absolute Gasteiger partial charge is 0.257 e. The summed E-state index contributed by atoms with van der Waals surface area (Å²) in [6.45, 7) is 0.773.